The average molecular weight is 691 g/mol. The lowest BCUT2D eigenvalue weighted by Gasteiger charge is -2.28. The van der Waals surface area contributed by atoms with Crippen LogP contribution in [0.5, 0.6) is 0 Å². The van der Waals surface area contributed by atoms with Gasteiger partial charge in [0.1, 0.15) is 0 Å². The highest BCUT2D eigenvalue weighted by molar-refractivity contribution is 6.04. The van der Waals surface area contributed by atoms with Crippen LogP contribution < -0.4 is 9.80 Å². The Morgan fingerprint density at radius 3 is 1.15 bits per heavy atom. The molecule has 9 aromatic carbocycles. The molecule has 0 saturated carbocycles. The van der Waals surface area contributed by atoms with E-state index in [2.05, 4.69) is 240 Å². The minimum atomic E-state index is 1.11. The highest BCUT2D eigenvalue weighted by Crippen LogP contribution is 2.42. The molecular formula is C52H38N2. The first-order valence-corrected chi connectivity index (χ1v) is 18.4. The monoisotopic (exact) mass is 690 g/mol. The highest BCUT2D eigenvalue weighted by Gasteiger charge is 2.17. The summed E-state index contributed by atoms with van der Waals surface area (Å²) in [4.78, 5) is 4.70. The molecule has 0 amide bonds. The van der Waals surface area contributed by atoms with Crippen molar-refractivity contribution in [1.29, 1.82) is 0 Å². The lowest BCUT2D eigenvalue weighted by molar-refractivity contribution is 1.28. The minimum absolute atomic E-state index is 1.11. The van der Waals surface area contributed by atoms with Gasteiger partial charge in [-0.2, -0.15) is 0 Å². The average Bonchev–Trinajstić information content (AvgIpc) is 3.25. The SMILES string of the molecule is C(=C\c1ccc(N(c2cccc3ccccc23)c2cccc3ccccc23)cc1)/c1ccc(N(c2ccccc2)c2ccc(-c3ccccc3)cc2)cc1. The van der Waals surface area contributed by atoms with Crippen molar-refractivity contribution in [2.24, 2.45) is 0 Å². The standard InChI is InChI=1S/C52H38N2/c1-3-13-41(14-4-1)42-31-37-47(38-32-42)53(45-19-5-2-6-20-45)46-33-27-39(28-34-46)25-26-40-29-35-48(36-30-40)54(51-23-11-17-43-15-7-9-21-49(43)51)52-24-12-18-44-16-8-10-22-50(44)52/h1-38H/b26-25+. The summed E-state index contributed by atoms with van der Waals surface area (Å²) < 4.78 is 0. The van der Waals surface area contributed by atoms with Crippen LogP contribution in [0.15, 0.2) is 218 Å². The first-order valence-electron chi connectivity index (χ1n) is 18.4. The van der Waals surface area contributed by atoms with Gasteiger partial charge in [0.05, 0.1) is 11.4 Å². The van der Waals surface area contributed by atoms with Crippen molar-refractivity contribution in [3.05, 3.63) is 230 Å². The van der Waals surface area contributed by atoms with E-state index in [0.29, 0.717) is 0 Å². The molecule has 0 radical (unpaired) electrons. The Morgan fingerprint density at radius 1 is 0.259 bits per heavy atom. The van der Waals surface area contributed by atoms with Gasteiger partial charge in [-0.1, -0.05) is 170 Å². The Kier molecular flexibility index (Phi) is 8.99. The van der Waals surface area contributed by atoms with Crippen LogP contribution in [-0.2, 0) is 0 Å². The summed E-state index contributed by atoms with van der Waals surface area (Å²) in [5.41, 5.74) is 11.5. The zero-order valence-corrected chi connectivity index (χ0v) is 29.8. The smallest absolute Gasteiger partial charge is 0.0540 e. The van der Waals surface area contributed by atoms with Crippen LogP contribution in [0.25, 0.3) is 44.8 Å². The van der Waals surface area contributed by atoms with Crippen molar-refractivity contribution in [3.63, 3.8) is 0 Å². The molecule has 9 rings (SSSR count). The third-order valence-corrected chi connectivity index (χ3v) is 10.0. The highest BCUT2D eigenvalue weighted by atomic mass is 15.1. The molecule has 0 atom stereocenters. The number of hydrogen-bond acceptors (Lipinski definition) is 2. The maximum atomic E-state index is 2.39. The number of nitrogens with zero attached hydrogens (tertiary/aromatic N) is 2. The van der Waals surface area contributed by atoms with Crippen LogP contribution in [0.1, 0.15) is 11.1 Å². The molecule has 0 fully saturated rings. The fraction of sp³-hybridized carbons (Fsp3) is 0. The van der Waals surface area contributed by atoms with Crippen LogP contribution in [0.4, 0.5) is 34.1 Å². The van der Waals surface area contributed by atoms with Crippen molar-refractivity contribution in [3.8, 4) is 11.1 Å². The van der Waals surface area contributed by atoms with E-state index in [4.69, 9.17) is 0 Å². The number of para-hydroxylation sites is 1. The van der Waals surface area contributed by atoms with Crippen LogP contribution in [-0.4, -0.2) is 0 Å². The third kappa shape index (κ3) is 6.65. The van der Waals surface area contributed by atoms with E-state index < -0.39 is 0 Å². The summed E-state index contributed by atoms with van der Waals surface area (Å²) in [6.07, 6.45) is 4.38. The van der Waals surface area contributed by atoms with E-state index in [-0.39, 0.29) is 0 Å². The molecule has 9 aromatic rings. The quantitative estimate of drug-likeness (QED) is 0.139. The molecule has 0 aliphatic heterocycles. The molecule has 0 unspecified atom stereocenters. The molecule has 2 heteroatoms. The second-order valence-corrected chi connectivity index (χ2v) is 13.4. The Morgan fingerprint density at radius 2 is 0.630 bits per heavy atom. The van der Waals surface area contributed by atoms with E-state index >= 15 is 0 Å². The van der Waals surface area contributed by atoms with Gasteiger partial charge in [-0.15, -0.1) is 0 Å². The molecule has 2 nitrogen and oxygen atoms in total. The molecule has 0 bridgehead atoms. The number of fused-ring (bicyclic) bond motifs is 2. The number of benzene rings is 9. The van der Waals surface area contributed by atoms with Gasteiger partial charge in [-0.25, -0.2) is 0 Å². The van der Waals surface area contributed by atoms with Crippen molar-refractivity contribution in [2.45, 2.75) is 0 Å². The number of hydrogen-bond donors (Lipinski definition) is 0. The van der Waals surface area contributed by atoms with Crippen LogP contribution in [0, 0.1) is 0 Å². The van der Waals surface area contributed by atoms with Gasteiger partial charge in [0.2, 0.25) is 0 Å². The second-order valence-electron chi connectivity index (χ2n) is 13.4. The number of anilines is 6. The maximum absolute atomic E-state index is 2.39. The molecule has 0 saturated heterocycles. The molecule has 256 valence electrons. The molecular weight excluding hydrogens is 653 g/mol. The van der Waals surface area contributed by atoms with E-state index in [1.807, 2.05) is 0 Å². The summed E-state index contributed by atoms with van der Waals surface area (Å²) >= 11 is 0. The van der Waals surface area contributed by atoms with Crippen LogP contribution in [0.3, 0.4) is 0 Å². The third-order valence-electron chi connectivity index (χ3n) is 10.0. The van der Waals surface area contributed by atoms with E-state index in [1.165, 1.54) is 32.7 Å². The van der Waals surface area contributed by atoms with Crippen LogP contribution >= 0.6 is 0 Å². The topological polar surface area (TPSA) is 6.48 Å². The molecule has 0 aromatic heterocycles. The molecule has 0 spiro atoms. The summed E-state index contributed by atoms with van der Waals surface area (Å²) in [6, 6.07) is 77.9. The fourth-order valence-corrected chi connectivity index (χ4v) is 7.33. The molecule has 0 aliphatic carbocycles. The predicted octanol–water partition coefficient (Wildman–Crippen LogP) is 14.8. The Bertz CT molecular complexity index is 2590. The zero-order valence-electron chi connectivity index (χ0n) is 29.8. The maximum Gasteiger partial charge on any atom is 0.0540 e. The van der Waals surface area contributed by atoms with Crippen molar-refractivity contribution in [2.75, 3.05) is 9.80 Å². The summed E-state index contributed by atoms with van der Waals surface area (Å²) in [5.74, 6) is 0. The second kappa shape index (κ2) is 14.8. The lowest BCUT2D eigenvalue weighted by atomic mass is 10.0. The Labute approximate surface area is 317 Å². The summed E-state index contributed by atoms with van der Waals surface area (Å²) in [6.45, 7) is 0. The van der Waals surface area contributed by atoms with Crippen molar-refractivity contribution in [1.82, 2.24) is 0 Å². The summed E-state index contributed by atoms with van der Waals surface area (Å²) in [5, 5.41) is 4.88. The normalized spacial score (nSPS) is 11.3. The van der Waals surface area contributed by atoms with Gasteiger partial charge < -0.3 is 9.80 Å². The minimum Gasteiger partial charge on any atom is -0.311 e. The van der Waals surface area contributed by atoms with Crippen LogP contribution in [0.2, 0.25) is 0 Å². The lowest BCUT2D eigenvalue weighted by Crippen LogP contribution is -2.11. The van der Waals surface area contributed by atoms with Crippen molar-refractivity contribution < 1.29 is 0 Å². The van der Waals surface area contributed by atoms with Gasteiger partial charge >= 0.3 is 0 Å². The predicted molar refractivity (Wildman–Crippen MR) is 232 cm³/mol. The molecule has 0 heterocycles. The Hall–Kier alpha value is -7.16. The molecule has 0 N–H and O–H groups in total. The van der Waals surface area contributed by atoms with E-state index in [0.717, 1.165) is 45.3 Å². The van der Waals surface area contributed by atoms with E-state index in [9.17, 15) is 0 Å². The molecule has 0 aliphatic rings. The van der Waals surface area contributed by atoms with Gasteiger partial charge in [0.15, 0.2) is 0 Å². The first-order chi connectivity index (χ1) is 26.8. The largest absolute Gasteiger partial charge is 0.311 e. The fourth-order valence-electron chi connectivity index (χ4n) is 7.33. The van der Waals surface area contributed by atoms with Gasteiger partial charge in [-0.3, -0.25) is 0 Å². The van der Waals surface area contributed by atoms with Crippen molar-refractivity contribution >= 4 is 67.8 Å². The summed E-state index contributed by atoms with van der Waals surface area (Å²) in [7, 11) is 0. The molecule has 54 heavy (non-hydrogen) atoms. The number of rotatable bonds is 9. The van der Waals surface area contributed by atoms with Gasteiger partial charge in [0.25, 0.3) is 0 Å². The first kappa shape index (κ1) is 32.7. The van der Waals surface area contributed by atoms with E-state index in [1.54, 1.807) is 0 Å². The Balaban J connectivity index is 1.00. The van der Waals surface area contributed by atoms with Gasteiger partial charge in [0, 0.05) is 33.5 Å². The van der Waals surface area contributed by atoms with Gasteiger partial charge in [-0.05, 0) is 93.7 Å². The zero-order chi connectivity index (χ0) is 36.1.